The molecule has 0 spiro atoms. The van der Waals surface area contributed by atoms with Gasteiger partial charge in [0.1, 0.15) is 10.7 Å². The SMILES string of the molecule is COC(=O)c1cccc(C2CCN(c3nc4c(c(NC5CCOCC5)n3)S(=O)CC4)CC2)c1. The van der Waals surface area contributed by atoms with E-state index in [-0.39, 0.29) is 12.0 Å². The van der Waals surface area contributed by atoms with E-state index in [4.69, 9.17) is 19.4 Å². The largest absolute Gasteiger partial charge is 0.465 e. The number of methoxy groups -OCH3 is 1. The summed E-state index contributed by atoms with van der Waals surface area (Å²) in [4.78, 5) is 24.6. The fraction of sp³-hybridized carbons (Fsp3) is 0.542. The summed E-state index contributed by atoms with van der Waals surface area (Å²) >= 11 is 0. The average molecular weight is 471 g/mol. The van der Waals surface area contributed by atoms with Crippen molar-refractivity contribution in [3.63, 3.8) is 0 Å². The van der Waals surface area contributed by atoms with Gasteiger partial charge in [0.25, 0.3) is 0 Å². The third-order valence-corrected chi connectivity index (χ3v) is 8.25. The third kappa shape index (κ3) is 4.75. The molecular formula is C24H30N4O4S. The number of piperidine rings is 1. The number of ether oxygens (including phenoxy) is 2. The minimum absolute atomic E-state index is 0.288. The lowest BCUT2D eigenvalue weighted by atomic mass is 9.88. The van der Waals surface area contributed by atoms with Crippen LogP contribution < -0.4 is 10.2 Å². The smallest absolute Gasteiger partial charge is 0.337 e. The Morgan fingerprint density at radius 1 is 1.18 bits per heavy atom. The number of aryl methyl sites for hydroxylation is 1. The summed E-state index contributed by atoms with van der Waals surface area (Å²) in [5.74, 6) is 2.17. The van der Waals surface area contributed by atoms with Crippen molar-refractivity contribution >= 4 is 28.5 Å². The molecule has 3 aliphatic heterocycles. The van der Waals surface area contributed by atoms with Crippen LogP contribution in [0.4, 0.5) is 11.8 Å². The number of hydrogen-bond acceptors (Lipinski definition) is 8. The molecule has 5 rings (SSSR count). The zero-order valence-electron chi connectivity index (χ0n) is 18.9. The summed E-state index contributed by atoms with van der Waals surface area (Å²) in [5.41, 5.74) is 2.68. The Morgan fingerprint density at radius 3 is 2.73 bits per heavy atom. The van der Waals surface area contributed by atoms with E-state index in [1.807, 2.05) is 12.1 Å². The van der Waals surface area contributed by atoms with Gasteiger partial charge in [-0.15, -0.1) is 0 Å². The van der Waals surface area contributed by atoms with E-state index in [2.05, 4.69) is 16.3 Å². The van der Waals surface area contributed by atoms with Crippen LogP contribution in [0, 0.1) is 0 Å². The van der Waals surface area contributed by atoms with Crippen LogP contribution in [0.1, 0.15) is 53.2 Å². The molecule has 1 aromatic heterocycles. The van der Waals surface area contributed by atoms with Crippen LogP contribution in [-0.4, -0.2) is 65.4 Å². The zero-order valence-corrected chi connectivity index (χ0v) is 19.7. The topological polar surface area (TPSA) is 93.7 Å². The van der Waals surface area contributed by atoms with Gasteiger partial charge in [0.15, 0.2) is 0 Å². The number of nitrogens with one attached hydrogen (secondary N) is 1. The van der Waals surface area contributed by atoms with Gasteiger partial charge < -0.3 is 19.7 Å². The number of aromatic nitrogens is 2. The first-order valence-electron chi connectivity index (χ1n) is 11.7. The van der Waals surface area contributed by atoms with Gasteiger partial charge in [0, 0.05) is 44.5 Å². The van der Waals surface area contributed by atoms with Gasteiger partial charge in [-0.1, -0.05) is 12.1 Å². The van der Waals surface area contributed by atoms with Crippen molar-refractivity contribution < 1.29 is 18.5 Å². The summed E-state index contributed by atoms with van der Waals surface area (Å²) < 4.78 is 23.0. The molecule has 0 amide bonds. The summed E-state index contributed by atoms with van der Waals surface area (Å²) in [6.07, 6.45) is 4.50. The van der Waals surface area contributed by atoms with E-state index in [1.165, 1.54) is 12.7 Å². The number of hydrogen-bond donors (Lipinski definition) is 1. The lowest BCUT2D eigenvalue weighted by molar-refractivity contribution is 0.0600. The fourth-order valence-corrected chi connectivity index (χ4v) is 6.22. The lowest BCUT2D eigenvalue weighted by Gasteiger charge is -2.33. The monoisotopic (exact) mass is 470 g/mol. The maximum atomic E-state index is 12.6. The highest BCUT2D eigenvalue weighted by atomic mass is 32.2. The second-order valence-corrected chi connectivity index (χ2v) is 10.4. The van der Waals surface area contributed by atoms with E-state index >= 15 is 0 Å². The number of anilines is 2. The number of carbonyl (C=O) groups is 1. The zero-order chi connectivity index (χ0) is 22.8. The summed E-state index contributed by atoms with van der Waals surface area (Å²) in [6.45, 7) is 3.16. The lowest BCUT2D eigenvalue weighted by Crippen LogP contribution is -2.35. The van der Waals surface area contributed by atoms with Gasteiger partial charge in [0.05, 0.1) is 29.2 Å². The molecule has 9 heteroatoms. The van der Waals surface area contributed by atoms with Gasteiger partial charge in [-0.3, -0.25) is 4.21 Å². The van der Waals surface area contributed by atoms with Crippen LogP contribution in [0.2, 0.25) is 0 Å². The molecule has 1 N–H and O–H groups in total. The Kier molecular flexibility index (Phi) is 6.59. The van der Waals surface area contributed by atoms with E-state index < -0.39 is 10.8 Å². The number of esters is 1. The molecule has 0 bridgehead atoms. The van der Waals surface area contributed by atoms with Crippen molar-refractivity contribution in [2.24, 2.45) is 0 Å². The Balaban J connectivity index is 1.32. The van der Waals surface area contributed by atoms with Gasteiger partial charge in [-0.05, 0) is 49.3 Å². The molecule has 2 saturated heterocycles. The van der Waals surface area contributed by atoms with Crippen LogP contribution in [0.25, 0.3) is 0 Å². The maximum absolute atomic E-state index is 12.6. The molecule has 4 heterocycles. The highest BCUT2D eigenvalue weighted by molar-refractivity contribution is 7.85. The minimum atomic E-state index is -1.04. The molecule has 0 aliphatic carbocycles. The van der Waals surface area contributed by atoms with Crippen LogP contribution in [0.5, 0.6) is 0 Å². The number of carbonyl (C=O) groups excluding carboxylic acids is 1. The molecule has 2 fully saturated rings. The first kappa shape index (κ1) is 22.3. The van der Waals surface area contributed by atoms with Gasteiger partial charge >= 0.3 is 5.97 Å². The van der Waals surface area contributed by atoms with Crippen LogP contribution in [0.3, 0.4) is 0 Å². The molecule has 3 aliphatic rings. The van der Waals surface area contributed by atoms with E-state index in [1.54, 1.807) is 6.07 Å². The number of nitrogens with zero attached hydrogens (tertiary/aromatic N) is 3. The molecule has 2 aromatic rings. The molecule has 33 heavy (non-hydrogen) atoms. The quantitative estimate of drug-likeness (QED) is 0.667. The molecule has 1 atom stereocenters. The van der Waals surface area contributed by atoms with E-state index in [0.717, 1.165) is 80.8 Å². The maximum Gasteiger partial charge on any atom is 0.337 e. The summed E-state index contributed by atoms with van der Waals surface area (Å²) in [7, 11) is 0.368. The Bertz CT molecular complexity index is 1050. The number of rotatable bonds is 5. The second-order valence-electron chi connectivity index (χ2n) is 8.86. The summed E-state index contributed by atoms with van der Waals surface area (Å²) in [5, 5.41) is 3.55. The van der Waals surface area contributed by atoms with Crippen molar-refractivity contribution in [3.05, 3.63) is 41.1 Å². The first-order valence-corrected chi connectivity index (χ1v) is 13.0. The molecule has 8 nitrogen and oxygen atoms in total. The predicted octanol–water partition coefficient (Wildman–Crippen LogP) is 2.90. The first-order chi connectivity index (χ1) is 16.1. The van der Waals surface area contributed by atoms with Crippen molar-refractivity contribution in [3.8, 4) is 0 Å². The predicted molar refractivity (Wildman–Crippen MR) is 126 cm³/mol. The van der Waals surface area contributed by atoms with Crippen LogP contribution >= 0.6 is 0 Å². The van der Waals surface area contributed by atoms with Gasteiger partial charge in [-0.25, -0.2) is 9.78 Å². The molecule has 1 aromatic carbocycles. The molecule has 1 unspecified atom stereocenters. The number of fused-ring (bicyclic) bond motifs is 1. The van der Waals surface area contributed by atoms with Crippen molar-refractivity contribution in [2.75, 3.05) is 49.4 Å². The van der Waals surface area contributed by atoms with E-state index in [0.29, 0.717) is 17.2 Å². The second kappa shape index (κ2) is 9.77. The van der Waals surface area contributed by atoms with Gasteiger partial charge in [0.2, 0.25) is 5.95 Å². The van der Waals surface area contributed by atoms with Crippen molar-refractivity contribution in [1.82, 2.24) is 9.97 Å². The van der Waals surface area contributed by atoms with Crippen molar-refractivity contribution in [1.29, 1.82) is 0 Å². The highest BCUT2D eigenvalue weighted by Crippen LogP contribution is 2.34. The minimum Gasteiger partial charge on any atom is -0.465 e. The van der Waals surface area contributed by atoms with Gasteiger partial charge in [-0.2, -0.15) is 4.98 Å². The average Bonchev–Trinajstić information content (AvgIpc) is 3.25. The van der Waals surface area contributed by atoms with Crippen LogP contribution in [0.15, 0.2) is 29.2 Å². The standard InChI is InChI=1S/C24H30N4O4S/c1-31-23(29)18-4-2-3-17(15-18)16-5-10-28(11-6-16)24-26-20-9-14-33(30)21(20)22(27-24)25-19-7-12-32-13-8-19/h2-4,15-16,19H,5-14H2,1H3,(H,25,26,27). The molecule has 0 radical (unpaired) electrons. The van der Waals surface area contributed by atoms with Crippen LogP contribution in [-0.2, 0) is 26.7 Å². The highest BCUT2D eigenvalue weighted by Gasteiger charge is 2.30. The Labute approximate surface area is 196 Å². The Morgan fingerprint density at radius 2 is 1.97 bits per heavy atom. The van der Waals surface area contributed by atoms with Crippen molar-refractivity contribution in [2.45, 2.75) is 49.0 Å². The fourth-order valence-electron chi connectivity index (χ4n) is 4.91. The van der Waals surface area contributed by atoms with E-state index in [9.17, 15) is 9.00 Å². The molecular weight excluding hydrogens is 440 g/mol. The summed E-state index contributed by atoms with van der Waals surface area (Å²) in [6, 6.07) is 8.04. The number of benzene rings is 1. The third-order valence-electron chi connectivity index (χ3n) is 6.79. The molecule has 0 saturated carbocycles. The Hall–Kier alpha value is -2.52. The normalized spacial score (nSPS) is 21.6. The molecule has 176 valence electrons.